The zero-order valence-corrected chi connectivity index (χ0v) is 11.4. The fraction of sp³-hybridized carbons (Fsp3) is 0.286. The number of aromatic nitrogens is 1. The predicted octanol–water partition coefficient (Wildman–Crippen LogP) is 1.76. The monoisotopic (exact) mass is 276 g/mol. The summed E-state index contributed by atoms with van der Waals surface area (Å²) in [6.07, 6.45) is 0. The molecule has 2 rings (SSSR count). The number of ether oxygens (including phenoxy) is 2. The van der Waals surface area contributed by atoms with Crippen molar-refractivity contribution in [2.24, 2.45) is 0 Å². The Labute approximate surface area is 116 Å². The smallest absolute Gasteiger partial charge is 0.360 e. The maximum atomic E-state index is 11.2. The van der Waals surface area contributed by atoms with Crippen molar-refractivity contribution in [1.29, 1.82) is 0 Å². The summed E-state index contributed by atoms with van der Waals surface area (Å²) < 4.78 is 14.9. The summed E-state index contributed by atoms with van der Waals surface area (Å²) in [5.74, 6) is 0.887. The molecule has 0 radical (unpaired) electrons. The zero-order chi connectivity index (χ0) is 14.4. The number of esters is 1. The van der Waals surface area contributed by atoms with Gasteiger partial charge in [0.05, 0.1) is 20.8 Å². The molecule has 1 N–H and O–H groups in total. The average molecular weight is 276 g/mol. The second kappa shape index (κ2) is 6.72. The van der Waals surface area contributed by atoms with Gasteiger partial charge in [0.25, 0.3) is 0 Å². The van der Waals surface area contributed by atoms with Gasteiger partial charge in [-0.1, -0.05) is 23.4 Å². The molecule has 0 saturated heterocycles. The summed E-state index contributed by atoms with van der Waals surface area (Å²) in [6, 6.07) is 9.30. The molecular formula is C14H16N2O4. The van der Waals surface area contributed by atoms with E-state index in [2.05, 4.69) is 15.2 Å². The lowest BCUT2D eigenvalue weighted by atomic mass is 10.2. The lowest BCUT2D eigenvalue weighted by molar-refractivity contribution is 0.0589. The molecule has 6 heteroatoms. The highest BCUT2D eigenvalue weighted by Gasteiger charge is 2.12. The largest absolute Gasteiger partial charge is 0.496 e. The van der Waals surface area contributed by atoms with Crippen LogP contribution >= 0.6 is 0 Å². The molecule has 0 spiro atoms. The van der Waals surface area contributed by atoms with E-state index in [-0.39, 0.29) is 5.69 Å². The molecule has 106 valence electrons. The van der Waals surface area contributed by atoms with Crippen LogP contribution in [0.1, 0.15) is 21.8 Å². The molecule has 0 atom stereocenters. The minimum absolute atomic E-state index is 0.168. The van der Waals surface area contributed by atoms with Crippen molar-refractivity contribution in [1.82, 2.24) is 10.5 Å². The van der Waals surface area contributed by atoms with E-state index in [4.69, 9.17) is 9.26 Å². The fourth-order valence-corrected chi connectivity index (χ4v) is 1.77. The summed E-state index contributed by atoms with van der Waals surface area (Å²) in [4.78, 5) is 11.2. The van der Waals surface area contributed by atoms with Crippen LogP contribution in [0.25, 0.3) is 0 Å². The number of hydrogen-bond donors (Lipinski definition) is 1. The quantitative estimate of drug-likeness (QED) is 0.810. The number of methoxy groups -OCH3 is 2. The van der Waals surface area contributed by atoms with E-state index in [1.54, 1.807) is 13.2 Å². The third kappa shape index (κ3) is 3.36. The number of rotatable bonds is 6. The number of nitrogens with zero attached hydrogens (tertiary/aromatic N) is 1. The van der Waals surface area contributed by atoms with Crippen LogP contribution in [-0.4, -0.2) is 25.3 Å². The van der Waals surface area contributed by atoms with E-state index in [0.717, 1.165) is 11.3 Å². The topological polar surface area (TPSA) is 73.6 Å². The number of nitrogens with one attached hydrogen (secondary N) is 1. The molecular weight excluding hydrogens is 260 g/mol. The van der Waals surface area contributed by atoms with Crippen molar-refractivity contribution in [3.8, 4) is 5.75 Å². The van der Waals surface area contributed by atoms with Crippen LogP contribution in [0.3, 0.4) is 0 Å². The highest BCUT2D eigenvalue weighted by molar-refractivity contribution is 5.86. The Morgan fingerprint density at radius 3 is 2.85 bits per heavy atom. The second-order valence-corrected chi connectivity index (χ2v) is 4.09. The van der Waals surface area contributed by atoms with Crippen molar-refractivity contribution < 1.29 is 18.8 Å². The molecule has 1 heterocycles. The molecule has 0 aliphatic rings. The Bertz CT molecular complexity index is 580. The Balaban J connectivity index is 1.89. The van der Waals surface area contributed by atoms with Crippen molar-refractivity contribution in [2.75, 3.05) is 14.2 Å². The average Bonchev–Trinajstić information content (AvgIpc) is 2.96. The lowest BCUT2D eigenvalue weighted by Gasteiger charge is -2.08. The third-order valence-corrected chi connectivity index (χ3v) is 2.76. The Morgan fingerprint density at radius 1 is 1.30 bits per heavy atom. The maximum absolute atomic E-state index is 11.2. The van der Waals surface area contributed by atoms with Crippen LogP contribution < -0.4 is 10.1 Å². The first-order valence-electron chi connectivity index (χ1n) is 6.11. The van der Waals surface area contributed by atoms with Gasteiger partial charge >= 0.3 is 5.97 Å². The molecule has 0 bridgehead atoms. The third-order valence-electron chi connectivity index (χ3n) is 2.76. The van der Waals surface area contributed by atoms with E-state index in [1.807, 2.05) is 24.3 Å². The second-order valence-electron chi connectivity index (χ2n) is 4.09. The highest BCUT2D eigenvalue weighted by Crippen LogP contribution is 2.16. The normalized spacial score (nSPS) is 10.3. The van der Waals surface area contributed by atoms with E-state index in [9.17, 15) is 4.79 Å². The van der Waals surface area contributed by atoms with Crippen molar-refractivity contribution in [3.63, 3.8) is 0 Å². The Kier molecular flexibility index (Phi) is 4.73. The summed E-state index contributed by atoms with van der Waals surface area (Å²) in [7, 11) is 2.94. The van der Waals surface area contributed by atoms with E-state index in [1.165, 1.54) is 7.11 Å². The molecule has 0 saturated carbocycles. The van der Waals surface area contributed by atoms with Crippen LogP contribution in [0.5, 0.6) is 5.75 Å². The van der Waals surface area contributed by atoms with Gasteiger partial charge in [-0.05, 0) is 6.07 Å². The summed E-state index contributed by atoms with van der Waals surface area (Å²) in [6.45, 7) is 1.08. The van der Waals surface area contributed by atoms with Gasteiger partial charge in [-0.2, -0.15) is 0 Å². The van der Waals surface area contributed by atoms with E-state index in [0.29, 0.717) is 18.8 Å². The Hall–Kier alpha value is -2.34. The number of hydrogen-bond acceptors (Lipinski definition) is 6. The van der Waals surface area contributed by atoms with Crippen LogP contribution in [-0.2, 0) is 17.8 Å². The maximum Gasteiger partial charge on any atom is 0.360 e. The Morgan fingerprint density at radius 2 is 2.10 bits per heavy atom. The molecule has 0 unspecified atom stereocenters. The van der Waals surface area contributed by atoms with Gasteiger partial charge in [-0.15, -0.1) is 0 Å². The summed E-state index contributed by atoms with van der Waals surface area (Å²) in [5, 5.41) is 6.83. The number of carbonyl (C=O) groups excluding carboxylic acids is 1. The van der Waals surface area contributed by atoms with Crippen LogP contribution in [0.2, 0.25) is 0 Å². The zero-order valence-electron chi connectivity index (χ0n) is 11.4. The predicted molar refractivity (Wildman–Crippen MR) is 71.4 cm³/mol. The van der Waals surface area contributed by atoms with Gasteiger partial charge in [-0.3, -0.25) is 0 Å². The molecule has 0 aliphatic carbocycles. The highest BCUT2D eigenvalue weighted by atomic mass is 16.5. The number of carbonyl (C=O) groups is 1. The van der Waals surface area contributed by atoms with Gasteiger partial charge in [0, 0.05) is 18.2 Å². The van der Waals surface area contributed by atoms with Crippen LogP contribution in [0.4, 0.5) is 0 Å². The number of benzene rings is 1. The van der Waals surface area contributed by atoms with Gasteiger partial charge in [0.2, 0.25) is 0 Å². The molecule has 0 amide bonds. The fourth-order valence-electron chi connectivity index (χ4n) is 1.77. The van der Waals surface area contributed by atoms with Gasteiger partial charge < -0.3 is 19.3 Å². The van der Waals surface area contributed by atoms with E-state index >= 15 is 0 Å². The van der Waals surface area contributed by atoms with E-state index < -0.39 is 5.97 Å². The summed E-state index contributed by atoms with van der Waals surface area (Å²) in [5.41, 5.74) is 1.21. The first-order valence-corrected chi connectivity index (χ1v) is 6.11. The molecule has 1 aromatic heterocycles. The molecule has 0 fully saturated rings. The minimum Gasteiger partial charge on any atom is -0.496 e. The minimum atomic E-state index is -0.510. The van der Waals surface area contributed by atoms with Crippen LogP contribution in [0, 0.1) is 0 Å². The van der Waals surface area contributed by atoms with Crippen LogP contribution in [0.15, 0.2) is 34.9 Å². The van der Waals surface area contributed by atoms with Gasteiger partial charge in [0.1, 0.15) is 5.75 Å². The first-order chi connectivity index (χ1) is 9.74. The number of para-hydroxylation sites is 1. The summed E-state index contributed by atoms with van der Waals surface area (Å²) >= 11 is 0. The molecule has 1 aromatic carbocycles. The van der Waals surface area contributed by atoms with Gasteiger partial charge in [-0.25, -0.2) is 4.79 Å². The molecule has 6 nitrogen and oxygen atoms in total. The lowest BCUT2D eigenvalue weighted by Crippen LogP contribution is -2.12. The van der Waals surface area contributed by atoms with Crippen molar-refractivity contribution in [3.05, 3.63) is 47.3 Å². The molecule has 20 heavy (non-hydrogen) atoms. The SMILES string of the molecule is COC(=O)c1cc(CNCc2ccccc2OC)on1. The first kappa shape index (κ1) is 14.1. The molecule has 2 aromatic rings. The van der Waals surface area contributed by atoms with Crippen molar-refractivity contribution >= 4 is 5.97 Å². The standard InChI is InChI=1S/C14H16N2O4/c1-18-13-6-4-3-5-10(13)8-15-9-11-7-12(16-20-11)14(17)19-2/h3-7,15H,8-9H2,1-2H3. The van der Waals surface area contributed by atoms with Gasteiger partial charge in [0.15, 0.2) is 11.5 Å². The molecule has 0 aliphatic heterocycles. The van der Waals surface area contributed by atoms with Crippen molar-refractivity contribution in [2.45, 2.75) is 13.1 Å².